The Morgan fingerprint density at radius 3 is 2.89 bits per heavy atom. The summed E-state index contributed by atoms with van der Waals surface area (Å²) in [5.74, 6) is 0.772. The standard InChI is InChI=1S/C21H22ClNO4/c1-2-14-4-3-5-18(22)17(14)11-26-16-7-6-15-9-21(27-19(15)8-16)12-23(13-21)10-20(24)25/h3-8H,2,9-13H2,1H3,(H,24,25). The van der Waals surface area contributed by atoms with Crippen LogP contribution in [-0.4, -0.2) is 41.2 Å². The average molecular weight is 388 g/mol. The fourth-order valence-corrected chi connectivity index (χ4v) is 4.23. The molecule has 142 valence electrons. The number of aliphatic carboxylic acids is 1. The van der Waals surface area contributed by atoms with E-state index in [0.717, 1.165) is 40.5 Å². The van der Waals surface area contributed by atoms with Gasteiger partial charge in [-0.1, -0.05) is 36.7 Å². The van der Waals surface area contributed by atoms with Crippen LogP contribution in [0, 0.1) is 0 Å². The van der Waals surface area contributed by atoms with Crippen LogP contribution < -0.4 is 9.47 Å². The molecule has 1 N–H and O–H groups in total. The molecule has 2 heterocycles. The van der Waals surface area contributed by atoms with Crippen molar-refractivity contribution in [1.82, 2.24) is 4.90 Å². The molecule has 0 aromatic heterocycles. The molecule has 0 atom stereocenters. The number of carboxylic acids is 1. The van der Waals surface area contributed by atoms with Crippen LogP contribution in [0.5, 0.6) is 11.5 Å². The number of aryl methyl sites for hydroxylation is 1. The number of hydrogen-bond acceptors (Lipinski definition) is 4. The number of nitrogens with zero attached hydrogens (tertiary/aromatic N) is 1. The minimum absolute atomic E-state index is 0.0629. The van der Waals surface area contributed by atoms with Crippen LogP contribution in [0.2, 0.25) is 5.02 Å². The fraction of sp³-hybridized carbons (Fsp3) is 0.381. The molecule has 2 aromatic rings. The SMILES string of the molecule is CCc1cccc(Cl)c1COc1ccc2c(c1)OC1(C2)CN(CC(=O)O)C1. The summed E-state index contributed by atoms with van der Waals surface area (Å²) in [6.45, 7) is 3.87. The summed E-state index contributed by atoms with van der Waals surface area (Å²) in [7, 11) is 0. The zero-order chi connectivity index (χ0) is 19.0. The highest BCUT2D eigenvalue weighted by molar-refractivity contribution is 6.31. The summed E-state index contributed by atoms with van der Waals surface area (Å²) in [6.07, 6.45) is 1.71. The lowest BCUT2D eigenvalue weighted by Crippen LogP contribution is -2.65. The van der Waals surface area contributed by atoms with E-state index in [1.807, 2.05) is 35.2 Å². The lowest BCUT2D eigenvalue weighted by molar-refractivity contribution is -0.143. The van der Waals surface area contributed by atoms with Crippen molar-refractivity contribution < 1.29 is 19.4 Å². The van der Waals surface area contributed by atoms with Crippen molar-refractivity contribution in [1.29, 1.82) is 0 Å². The molecule has 2 aliphatic rings. The highest BCUT2D eigenvalue weighted by atomic mass is 35.5. The molecular weight excluding hydrogens is 366 g/mol. The van der Waals surface area contributed by atoms with Gasteiger partial charge in [-0.2, -0.15) is 0 Å². The second-order valence-corrected chi connectivity index (χ2v) is 7.70. The third kappa shape index (κ3) is 3.62. The maximum Gasteiger partial charge on any atom is 0.317 e. The van der Waals surface area contributed by atoms with Crippen LogP contribution in [0.15, 0.2) is 36.4 Å². The first kappa shape index (κ1) is 18.1. The van der Waals surface area contributed by atoms with Crippen molar-refractivity contribution in [3.63, 3.8) is 0 Å². The number of carbonyl (C=O) groups is 1. The Balaban J connectivity index is 1.41. The zero-order valence-electron chi connectivity index (χ0n) is 15.2. The van der Waals surface area contributed by atoms with Gasteiger partial charge in [0.1, 0.15) is 23.7 Å². The van der Waals surface area contributed by atoms with Crippen LogP contribution in [-0.2, 0) is 24.2 Å². The molecule has 4 rings (SSSR count). The lowest BCUT2D eigenvalue weighted by Gasteiger charge is -2.46. The third-order valence-corrected chi connectivity index (χ3v) is 5.59. The Kier molecular flexibility index (Phi) is 4.74. The number of carboxylic acid groups (broad SMARTS) is 1. The van der Waals surface area contributed by atoms with Gasteiger partial charge in [0.05, 0.1) is 6.54 Å². The summed E-state index contributed by atoms with van der Waals surface area (Å²) in [4.78, 5) is 12.7. The smallest absolute Gasteiger partial charge is 0.317 e. The monoisotopic (exact) mass is 387 g/mol. The molecular formula is C21H22ClNO4. The van der Waals surface area contributed by atoms with Gasteiger partial charge in [0.25, 0.3) is 0 Å². The van der Waals surface area contributed by atoms with E-state index < -0.39 is 5.97 Å². The molecule has 1 fully saturated rings. The van der Waals surface area contributed by atoms with Crippen molar-refractivity contribution in [2.45, 2.75) is 32.0 Å². The van der Waals surface area contributed by atoms with Gasteiger partial charge in [0, 0.05) is 36.2 Å². The van der Waals surface area contributed by atoms with E-state index in [1.54, 1.807) is 0 Å². The molecule has 6 heteroatoms. The van der Waals surface area contributed by atoms with Gasteiger partial charge in [0.15, 0.2) is 0 Å². The fourth-order valence-electron chi connectivity index (χ4n) is 3.98. The second kappa shape index (κ2) is 7.06. The van der Waals surface area contributed by atoms with E-state index in [1.165, 1.54) is 5.56 Å². The molecule has 1 spiro atoms. The maximum absolute atomic E-state index is 10.8. The molecule has 0 bridgehead atoms. The van der Waals surface area contributed by atoms with Crippen LogP contribution >= 0.6 is 11.6 Å². The maximum atomic E-state index is 10.8. The number of ether oxygens (including phenoxy) is 2. The van der Waals surface area contributed by atoms with Crippen LogP contribution in [0.3, 0.4) is 0 Å². The van der Waals surface area contributed by atoms with Crippen LogP contribution in [0.25, 0.3) is 0 Å². The summed E-state index contributed by atoms with van der Waals surface area (Å²) in [5.41, 5.74) is 3.06. The third-order valence-electron chi connectivity index (χ3n) is 5.24. The van der Waals surface area contributed by atoms with E-state index in [2.05, 4.69) is 13.0 Å². The van der Waals surface area contributed by atoms with Crippen molar-refractivity contribution >= 4 is 17.6 Å². The number of hydrogen-bond donors (Lipinski definition) is 1. The molecule has 5 nitrogen and oxygen atoms in total. The molecule has 0 amide bonds. The summed E-state index contributed by atoms with van der Waals surface area (Å²) >= 11 is 6.33. The molecule has 0 unspecified atom stereocenters. The number of likely N-dealkylation sites (tertiary alicyclic amines) is 1. The van der Waals surface area contributed by atoms with Gasteiger partial charge in [-0.3, -0.25) is 9.69 Å². The molecule has 0 saturated carbocycles. The minimum atomic E-state index is -0.804. The van der Waals surface area contributed by atoms with Gasteiger partial charge < -0.3 is 14.6 Å². The number of rotatable bonds is 6. The highest BCUT2D eigenvalue weighted by Crippen LogP contribution is 2.42. The quantitative estimate of drug-likeness (QED) is 0.821. The van der Waals surface area contributed by atoms with Crippen molar-refractivity contribution in [2.75, 3.05) is 19.6 Å². The van der Waals surface area contributed by atoms with Gasteiger partial charge in [0.2, 0.25) is 0 Å². The summed E-state index contributed by atoms with van der Waals surface area (Å²) in [5, 5.41) is 9.61. The van der Waals surface area contributed by atoms with E-state index in [-0.39, 0.29) is 12.1 Å². The Labute approximate surface area is 163 Å². The Morgan fingerprint density at radius 1 is 1.33 bits per heavy atom. The number of benzene rings is 2. The van der Waals surface area contributed by atoms with Gasteiger partial charge in [-0.05, 0) is 29.7 Å². The number of fused-ring (bicyclic) bond motifs is 1. The van der Waals surface area contributed by atoms with Crippen molar-refractivity contribution in [2.24, 2.45) is 0 Å². The molecule has 0 aliphatic carbocycles. The summed E-state index contributed by atoms with van der Waals surface area (Å²) < 4.78 is 12.1. The van der Waals surface area contributed by atoms with E-state index in [9.17, 15) is 4.79 Å². The normalized spacial score (nSPS) is 17.3. The second-order valence-electron chi connectivity index (χ2n) is 7.29. The first-order valence-corrected chi connectivity index (χ1v) is 9.51. The van der Waals surface area contributed by atoms with Crippen molar-refractivity contribution in [3.05, 3.63) is 58.1 Å². The largest absolute Gasteiger partial charge is 0.489 e. The van der Waals surface area contributed by atoms with Gasteiger partial charge >= 0.3 is 5.97 Å². The van der Waals surface area contributed by atoms with Gasteiger partial charge in [-0.15, -0.1) is 0 Å². The number of halogens is 1. The Morgan fingerprint density at radius 2 is 2.15 bits per heavy atom. The minimum Gasteiger partial charge on any atom is -0.489 e. The highest BCUT2D eigenvalue weighted by Gasteiger charge is 2.49. The van der Waals surface area contributed by atoms with Gasteiger partial charge in [-0.25, -0.2) is 0 Å². The first-order valence-electron chi connectivity index (χ1n) is 9.13. The molecule has 2 aliphatic heterocycles. The van der Waals surface area contributed by atoms with Crippen molar-refractivity contribution in [3.8, 4) is 11.5 Å². The Hall–Kier alpha value is -2.24. The summed E-state index contributed by atoms with van der Waals surface area (Å²) in [6, 6.07) is 11.8. The van der Waals surface area contributed by atoms with Crippen LogP contribution in [0.4, 0.5) is 0 Å². The van der Waals surface area contributed by atoms with E-state index >= 15 is 0 Å². The predicted molar refractivity (Wildman–Crippen MR) is 103 cm³/mol. The topological polar surface area (TPSA) is 59.0 Å². The molecule has 2 aromatic carbocycles. The Bertz CT molecular complexity index is 876. The average Bonchev–Trinajstić information content (AvgIpc) is 2.98. The zero-order valence-corrected chi connectivity index (χ0v) is 16.0. The van der Waals surface area contributed by atoms with E-state index in [0.29, 0.717) is 19.7 Å². The van der Waals surface area contributed by atoms with E-state index in [4.69, 9.17) is 26.2 Å². The lowest BCUT2D eigenvalue weighted by atomic mass is 9.89. The molecule has 1 saturated heterocycles. The molecule has 27 heavy (non-hydrogen) atoms. The van der Waals surface area contributed by atoms with Crippen LogP contribution in [0.1, 0.15) is 23.6 Å². The predicted octanol–water partition coefficient (Wildman–Crippen LogP) is 3.56. The molecule has 0 radical (unpaired) electrons. The first-order chi connectivity index (χ1) is 13.0.